The van der Waals surface area contributed by atoms with Crippen LogP contribution in [0.4, 0.5) is 0 Å². The van der Waals surface area contributed by atoms with E-state index in [0.717, 1.165) is 20.9 Å². The molecule has 2 N–H and O–H groups in total. The van der Waals surface area contributed by atoms with Crippen molar-refractivity contribution in [2.45, 2.75) is 26.4 Å². The summed E-state index contributed by atoms with van der Waals surface area (Å²) in [6, 6.07) is 12.3. The third kappa shape index (κ3) is 4.80. The molecule has 7 nitrogen and oxygen atoms in total. The van der Waals surface area contributed by atoms with Crippen molar-refractivity contribution in [3.8, 4) is 5.13 Å². The minimum absolute atomic E-state index is 0.0645. The van der Waals surface area contributed by atoms with E-state index in [4.69, 9.17) is 0 Å². The number of benzene rings is 1. The Bertz CT molecular complexity index is 1190. The molecular weight excluding hydrogens is 410 g/mol. The number of rotatable bonds is 7. The molecule has 0 saturated heterocycles. The summed E-state index contributed by atoms with van der Waals surface area (Å²) in [5.41, 5.74) is 2.24. The van der Waals surface area contributed by atoms with Crippen LogP contribution in [0.1, 0.15) is 29.8 Å². The number of aromatic nitrogens is 3. The summed E-state index contributed by atoms with van der Waals surface area (Å²) in [4.78, 5) is 34.3. The fourth-order valence-corrected chi connectivity index (χ4v) is 4.16. The van der Waals surface area contributed by atoms with Crippen LogP contribution in [0.5, 0.6) is 0 Å². The minimum atomic E-state index is -0.642. The van der Waals surface area contributed by atoms with E-state index in [1.165, 1.54) is 11.3 Å². The number of carbonyl (C=O) groups is 2. The van der Waals surface area contributed by atoms with Crippen LogP contribution < -0.4 is 10.6 Å². The number of carbonyl (C=O) groups excluding carboxylic acids is 2. The third-order valence-electron chi connectivity index (χ3n) is 4.89. The molecule has 2 amide bonds. The number of hydrogen-bond acceptors (Lipinski definition) is 5. The van der Waals surface area contributed by atoms with E-state index in [1.807, 2.05) is 67.2 Å². The Labute approximate surface area is 184 Å². The standard InChI is InChI=1S/C23H23N5O2S/c1-15(2)20(22(30)25-14-16-6-5-9-24-13-16)27-21(29)17-7-8-18-19(12-17)31-23(26-18)28-10-3-4-11-28/h3-13,15,20H,14H2,1-2H3,(H,25,30)(H,27,29)/t20-/m1/s1. The number of thiazole rings is 1. The van der Waals surface area contributed by atoms with Crippen molar-refractivity contribution in [1.29, 1.82) is 0 Å². The number of nitrogens with one attached hydrogen (secondary N) is 2. The SMILES string of the molecule is CC(C)[C@@H](NC(=O)c1ccc2nc(-n3cccc3)sc2c1)C(=O)NCc1cccnc1. The first kappa shape index (κ1) is 20.7. The second kappa shape index (κ2) is 9.09. The Balaban J connectivity index is 1.46. The van der Waals surface area contributed by atoms with Gasteiger partial charge >= 0.3 is 0 Å². The molecule has 0 bridgehead atoms. The van der Waals surface area contributed by atoms with E-state index in [1.54, 1.807) is 18.5 Å². The van der Waals surface area contributed by atoms with Crippen molar-refractivity contribution in [2.75, 3.05) is 0 Å². The maximum absolute atomic E-state index is 12.9. The van der Waals surface area contributed by atoms with Gasteiger partial charge in [-0.15, -0.1) is 0 Å². The summed E-state index contributed by atoms with van der Waals surface area (Å²) in [7, 11) is 0. The van der Waals surface area contributed by atoms with Gasteiger partial charge in [0.25, 0.3) is 5.91 Å². The Morgan fingerprint density at radius 3 is 2.65 bits per heavy atom. The van der Waals surface area contributed by atoms with Gasteiger partial charge in [-0.3, -0.25) is 14.6 Å². The molecule has 0 radical (unpaired) electrons. The average Bonchev–Trinajstić information content (AvgIpc) is 3.45. The first-order valence-corrected chi connectivity index (χ1v) is 10.8. The minimum Gasteiger partial charge on any atom is -0.350 e. The van der Waals surface area contributed by atoms with Crippen LogP contribution in [0.15, 0.2) is 67.3 Å². The predicted molar refractivity (Wildman–Crippen MR) is 121 cm³/mol. The first-order chi connectivity index (χ1) is 15.0. The van der Waals surface area contributed by atoms with Crippen LogP contribution in [0.2, 0.25) is 0 Å². The first-order valence-electron chi connectivity index (χ1n) is 10.0. The zero-order valence-corrected chi connectivity index (χ0v) is 18.1. The molecule has 8 heteroatoms. The van der Waals surface area contributed by atoms with Crippen LogP contribution in [-0.4, -0.2) is 32.4 Å². The van der Waals surface area contributed by atoms with Crippen LogP contribution in [-0.2, 0) is 11.3 Å². The fourth-order valence-electron chi connectivity index (χ4n) is 3.19. The van der Waals surface area contributed by atoms with E-state index in [9.17, 15) is 9.59 Å². The molecule has 0 aliphatic carbocycles. The molecule has 0 unspecified atom stereocenters. The van der Waals surface area contributed by atoms with Gasteiger partial charge in [-0.05, 0) is 47.9 Å². The van der Waals surface area contributed by atoms with Crippen molar-refractivity contribution in [2.24, 2.45) is 5.92 Å². The molecule has 1 aromatic carbocycles. The van der Waals surface area contributed by atoms with E-state index >= 15 is 0 Å². The Kier molecular flexibility index (Phi) is 6.08. The molecule has 158 valence electrons. The highest BCUT2D eigenvalue weighted by Gasteiger charge is 2.24. The quantitative estimate of drug-likeness (QED) is 0.466. The molecule has 0 saturated carbocycles. The Morgan fingerprint density at radius 2 is 1.94 bits per heavy atom. The highest BCUT2D eigenvalue weighted by molar-refractivity contribution is 7.20. The number of pyridine rings is 1. The van der Waals surface area contributed by atoms with E-state index in [-0.39, 0.29) is 17.7 Å². The zero-order chi connectivity index (χ0) is 21.8. The second-order valence-corrected chi connectivity index (χ2v) is 8.55. The summed E-state index contributed by atoms with van der Waals surface area (Å²) in [5.74, 6) is -0.570. The molecule has 1 atom stereocenters. The number of nitrogens with zero attached hydrogens (tertiary/aromatic N) is 3. The zero-order valence-electron chi connectivity index (χ0n) is 17.3. The monoisotopic (exact) mass is 433 g/mol. The normalized spacial score (nSPS) is 12.1. The van der Waals surface area contributed by atoms with Gasteiger partial charge in [0.1, 0.15) is 6.04 Å². The lowest BCUT2D eigenvalue weighted by Crippen LogP contribution is -2.49. The van der Waals surface area contributed by atoms with Gasteiger partial charge in [-0.2, -0.15) is 0 Å². The van der Waals surface area contributed by atoms with Gasteiger partial charge in [0.05, 0.1) is 10.2 Å². The van der Waals surface area contributed by atoms with Gasteiger partial charge in [0, 0.05) is 36.9 Å². The van der Waals surface area contributed by atoms with Crippen molar-refractivity contribution < 1.29 is 9.59 Å². The molecule has 3 aromatic heterocycles. The molecule has 0 fully saturated rings. The molecule has 0 aliphatic heterocycles. The summed E-state index contributed by atoms with van der Waals surface area (Å²) >= 11 is 1.51. The second-order valence-electron chi connectivity index (χ2n) is 7.54. The Hall–Kier alpha value is -3.52. The smallest absolute Gasteiger partial charge is 0.251 e. The van der Waals surface area contributed by atoms with Gasteiger partial charge in [0.2, 0.25) is 5.91 Å². The van der Waals surface area contributed by atoms with Gasteiger partial charge in [-0.25, -0.2) is 4.98 Å². The van der Waals surface area contributed by atoms with E-state index in [0.29, 0.717) is 12.1 Å². The lowest BCUT2D eigenvalue weighted by Gasteiger charge is -2.21. The van der Waals surface area contributed by atoms with Gasteiger partial charge in [0.15, 0.2) is 5.13 Å². The largest absolute Gasteiger partial charge is 0.350 e. The van der Waals surface area contributed by atoms with Crippen LogP contribution in [0.25, 0.3) is 15.3 Å². The van der Waals surface area contributed by atoms with Gasteiger partial charge in [-0.1, -0.05) is 31.3 Å². The van der Waals surface area contributed by atoms with Crippen molar-refractivity contribution in [3.05, 3.63) is 78.4 Å². The van der Waals surface area contributed by atoms with E-state index in [2.05, 4.69) is 20.6 Å². The average molecular weight is 434 g/mol. The summed E-state index contributed by atoms with van der Waals surface area (Å²) < 4.78 is 2.85. The maximum atomic E-state index is 12.9. The molecule has 4 aromatic rings. The van der Waals surface area contributed by atoms with Crippen LogP contribution in [0, 0.1) is 5.92 Å². The molecule has 0 aliphatic rings. The van der Waals surface area contributed by atoms with Crippen LogP contribution in [0.3, 0.4) is 0 Å². The topological polar surface area (TPSA) is 88.9 Å². The predicted octanol–water partition coefficient (Wildman–Crippen LogP) is 3.55. The molecular formula is C23H23N5O2S. The lowest BCUT2D eigenvalue weighted by molar-refractivity contribution is -0.124. The maximum Gasteiger partial charge on any atom is 0.251 e. The van der Waals surface area contributed by atoms with E-state index < -0.39 is 6.04 Å². The van der Waals surface area contributed by atoms with Crippen molar-refractivity contribution >= 4 is 33.4 Å². The fraction of sp³-hybridized carbons (Fsp3) is 0.217. The summed E-state index contributed by atoms with van der Waals surface area (Å²) in [6.45, 7) is 4.18. The van der Waals surface area contributed by atoms with Crippen molar-refractivity contribution in [3.63, 3.8) is 0 Å². The highest BCUT2D eigenvalue weighted by Crippen LogP contribution is 2.26. The van der Waals surface area contributed by atoms with Crippen LogP contribution >= 0.6 is 11.3 Å². The number of fused-ring (bicyclic) bond motifs is 1. The third-order valence-corrected chi connectivity index (χ3v) is 5.92. The van der Waals surface area contributed by atoms with Crippen molar-refractivity contribution in [1.82, 2.24) is 25.2 Å². The molecule has 3 heterocycles. The lowest BCUT2D eigenvalue weighted by atomic mass is 10.0. The summed E-state index contributed by atoms with van der Waals surface area (Å²) in [6.07, 6.45) is 7.25. The Morgan fingerprint density at radius 1 is 1.13 bits per heavy atom. The number of hydrogen-bond donors (Lipinski definition) is 2. The summed E-state index contributed by atoms with van der Waals surface area (Å²) in [5, 5.41) is 6.60. The molecule has 4 rings (SSSR count). The van der Waals surface area contributed by atoms with Gasteiger partial charge < -0.3 is 15.2 Å². The highest BCUT2D eigenvalue weighted by atomic mass is 32.1. The molecule has 31 heavy (non-hydrogen) atoms. The molecule has 0 spiro atoms. The number of amides is 2.